The molecule has 0 spiro atoms. The van der Waals surface area contributed by atoms with E-state index < -0.39 is 0 Å². The summed E-state index contributed by atoms with van der Waals surface area (Å²) >= 11 is 0. The summed E-state index contributed by atoms with van der Waals surface area (Å²) in [5.74, 6) is -0.182. The molecule has 1 fully saturated rings. The van der Waals surface area contributed by atoms with Crippen molar-refractivity contribution in [3.05, 3.63) is 53.6 Å². The van der Waals surface area contributed by atoms with Crippen molar-refractivity contribution in [2.45, 2.75) is 71.1 Å². The molecule has 0 radical (unpaired) electrons. The second-order valence-electron chi connectivity index (χ2n) is 11.5. The van der Waals surface area contributed by atoms with Crippen LogP contribution in [0, 0.1) is 0 Å². The van der Waals surface area contributed by atoms with Crippen molar-refractivity contribution in [3.63, 3.8) is 0 Å². The number of carbonyl (C=O) groups excluding carboxylic acids is 1. The molecule has 1 aliphatic carbocycles. The Balaban J connectivity index is 1.40. The number of nitrogens with zero attached hydrogens (tertiary/aromatic N) is 2. The average molecular weight is 463 g/mol. The number of carbonyl (C=O) groups is 1. The highest BCUT2D eigenvalue weighted by Crippen LogP contribution is 2.46. The van der Waals surface area contributed by atoms with E-state index in [1.807, 2.05) is 0 Å². The molecule has 0 N–H and O–H groups in total. The number of anilines is 1. The van der Waals surface area contributed by atoms with Crippen molar-refractivity contribution in [1.82, 2.24) is 4.90 Å². The summed E-state index contributed by atoms with van der Waals surface area (Å²) in [6.07, 6.45) is 4.51. The van der Waals surface area contributed by atoms with Crippen LogP contribution in [-0.2, 0) is 20.4 Å². The van der Waals surface area contributed by atoms with Crippen LogP contribution in [0.4, 0.5) is 5.69 Å². The Hall–Kier alpha value is -2.33. The number of rotatable bonds is 7. The minimum Gasteiger partial charge on any atom is -0.466 e. The molecular formula is C30H42N2O2. The highest BCUT2D eigenvalue weighted by atomic mass is 16.5. The maximum absolute atomic E-state index is 10.9. The third kappa shape index (κ3) is 5.66. The summed E-state index contributed by atoms with van der Waals surface area (Å²) in [6.45, 7) is 16.9. The number of esters is 1. The lowest BCUT2D eigenvalue weighted by Gasteiger charge is -2.42. The summed E-state index contributed by atoms with van der Waals surface area (Å²) in [4.78, 5) is 15.9. The average Bonchev–Trinajstić information content (AvgIpc) is 2.82. The fourth-order valence-electron chi connectivity index (χ4n) is 5.53. The third-order valence-corrected chi connectivity index (χ3v) is 7.94. The number of piperazine rings is 1. The molecule has 1 heterocycles. The second kappa shape index (κ2) is 10.1. The van der Waals surface area contributed by atoms with Gasteiger partial charge in [0.15, 0.2) is 0 Å². The van der Waals surface area contributed by atoms with Gasteiger partial charge in [-0.15, -0.1) is 0 Å². The van der Waals surface area contributed by atoms with E-state index in [4.69, 9.17) is 4.74 Å². The number of benzene rings is 2. The largest absolute Gasteiger partial charge is 0.466 e. The molecule has 0 aromatic heterocycles. The SMILES string of the molecule is CC(=O)OCCCCN1CCN(c2cccc(-c3ccc4c(c3)C(C)(C)CCC4(C)C)c2)CC1. The van der Waals surface area contributed by atoms with Crippen LogP contribution in [0.15, 0.2) is 42.5 Å². The van der Waals surface area contributed by atoms with Crippen LogP contribution in [0.2, 0.25) is 0 Å². The smallest absolute Gasteiger partial charge is 0.302 e. The lowest BCUT2D eigenvalue weighted by atomic mass is 9.63. The van der Waals surface area contributed by atoms with Gasteiger partial charge in [-0.3, -0.25) is 9.69 Å². The Bertz CT molecular complexity index is 1000. The highest BCUT2D eigenvalue weighted by molar-refractivity contribution is 5.70. The summed E-state index contributed by atoms with van der Waals surface area (Å²) in [6, 6.07) is 16.3. The maximum atomic E-state index is 10.9. The van der Waals surface area contributed by atoms with E-state index in [2.05, 4.69) is 80.0 Å². The molecule has 184 valence electrons. The van der Waals surface area contributed by atoms with E-state index in [1.54, 1.807) is 0 Å². The lowest BCUT2D eigenvalue weighted by Crippen LogP contribution is -2.46. The van der Waals surface area contributed by atoms with E-state index in [9.17, 15) is 4.79 Å². The van der Waals surface area contributed by atoms with E-state index in [1.165, 1.54) is 47.7 Å². The van der Waals surface area contributed by atoms with Crippen LogP contribution >= 0.6 is 0 Å². The molecule has 2 aromatic carbocycles. The van der Waals surface area contributed by atoms with Gasteiger partial charge >= 0.3 is 5.97 Å². The van der Waals surface area contributed by atoms with Gasteiger partial charge in [0.05, 0.1) is 6.61 Å². The van der Waals surface area contributed by atoms with Gasteiger partial charge in [-0.25, -0.2) is 0 Å². The van der Waals surface area contributed by atoms with Crippen molar-refractivity contribution in [2.75, 3.05) is 44.2 Å². The summed E-state index contributed by atoms with van der Waals surface area (Å²) in [5.41, 5.74) is 7.49. The lowest BCUT2D eigenvalue weighted by molar-refractivity contribution is -0.141. The Morgan fingerprint density at radius 1 is 0.853 bits per heavy atom. The van der Waals surface area contributed by atoms with Gasteiger partial charge in [0.2, 0.25) is 0 Å². The minimum absolute atomic E-state index is 0.182. The predicted molar refractivity (Wildman–Crippen MR) is 142 cm³/mol. The van der Waals surface area contributed by atoms with Crippen LogP contribution in [0.25, 0.3) is 11.1 Å². The molecule has 1 aliphatic heterocycles. The number of hydrogen-bond donors (Lipinski definition) is 0. The number of hydrogen-bond acceptors (Lipinski definition) is 4. The Labute approximate surface area is 206 Å². The summed E-state index contributed by atoms with van der Waals surface area (Å²) < 4.78 is 5.04. The number of fused-ring (bicyclic) bond motifs is 1. The molecule has 0 saturated carbocycles. The molecule has 0 atom stereocenters. The van der Waals surface area contributed by atoms with Gasteiger partial charge in [-0.2, -0.15) is 0 Å². The molecule has 0 amide bonds. The van der Waals surface area contributed by atoms with E-state index in [-0.39, 0.29) is 16.8 Å². The summed E-state index contributed by atoms with van der Waals surface area (Å²) in [7, 11) is 0. The van der Waals surface area contributed by atoms with E-state index >= 15 is 0 Å². The van der Waals surface area contributed by atoms with Crippen LogP contribution in [0.1, 0.15) is 71.4 Å². The normalized spacial score (nSPS) is 19.5. The van der Waals surface area contributed by atoms with E-state index in [0.29, 0.717) is 6.61 Å². The number of ether oxygens (including phenoxy) is 1. The fraction of sp³-hybridized carbons (Fsp3) is 0.567. The van der Waals surface area contributed by atoms with Gasteiger partial charge < -0.3 is 9.64 Å². The maximum Gasteiger partial charge on any atom is 0.302 e. The Morgan fingerprint density at radius 3 is 2.24 bits per heavy atom. The van der Waals surface area contributed by atoms with Gasteiger partial charge in [-0.05, 0) is 77.4 Å². The Kier molecular flexibility index (Phi) is 7.37. The first-order valence-corrected chi connectivity index (χ1v) is 13.0. The first-order valence-electron chi connectivity index (χ1n) is 13.0. The van der Waals surface area contributed by atoms with Crippen LogP contribution < -0.4 is 4.90 Å². The molecule has 0 unspecified atom stereocenters. The monoisotopic (exact) mass is 462 g/mol. The van der Waals surface area contributed by atoms with Crippen LogP contribution in [0.3, 0.4) is 0 Å². The third-order valence-electron chi connectivity index (χ3n) is 7.94. The van der Waals surface area contributed by atoms with Crippen LogP contribution in [0.5, 0.6) is 0 Å². The minimum atomic E-state index is -0.182. The molecule has 2 aliphatic rings. The fourth-order valence-corrected chi connectivity index (χ4v) is 5.53. The summed E-state index contributed by atoms with van der Waals surface area (Å²) in [5, 5.41) is 0. The molecule has 4 nitrogen and oxygen atoms in total. The molecule has 0 bridgehead atoms. The quantitative estimate of drug-likeness (QED) is 0.364. The molecule has 1 saturated heterocycles. The van der Waals surface area contributed by atoms with Gasteiger partial charge in [0.25, 0.3) is 0 Å². The first-order chi connectivity index (χ1) is 16.2. The van der Waals surface area contributed by atoms with Gasteiger partial charge in [-0.1, -0.05) is 58.0 Å². The molecule has 4 rings (SSSR count). The van der Waals surface area contributed by atoms with Gasteiger partial charge in [0.1, 0.15) is 0 Å². The zero-order valence-electron chi connectivity index (χ0n) is 21.8. The Morgan fingerprint density at radius 2 is 1.53 bits per heavy atom. The zero-order valence-corrected chi connectivity index (χ0v) is 21.8. The van der Waals surface area contributed by atoms with Gasteiger partial charge in [0, 0.05) is 38.8 Å². The molecule has 2 aromatic rings. The van der Waals surface area contributed by atoms with Crippen molar-refractivity contribution < 1.29 is 9.53 Å². The van der Waals surface area contributed by atoms with Crippen molar-refractivity contribution in [3.8, 4) is 11.1 Å². The standard InChI is InChI=1S/C30H42N2O2/c1-23(33)34-20-7-6-15-31-16-18-32(19-17-31)26-10-8-9-24(21-26)25-11-12-27-28(22-25)30(4,5)14-13-29(27,2)3/h8-12,21-22H,6-7,13-20H2,1-5H3. The van der Waals surface area contributed by atoms with Crippen molar-refractivity contribution in [1.29, 1.82) is 0 Å². The highest BCUT2D eigenvalue weighted by Gasteiger charge is 2.37. The van der Waals surface area contributed by atoms with Crippen LogP contribution in [-0.4, -0.2) is 50.2 Å². The second-order valence-corrected chi connectivity index (χ2v) is 11.5. The van der Waals surface area contributed by atoms with E-state index in [0.717, 1.165) is 45.6 Å². The molecule has 34 heavy (non-hydrogen) atoms. The first kappa shape index (κ1) is 24.8. The molecule has 4 heteroatoms. The molecular weight excluding hydrogens is 420 g/mol. The number of unbranched alkanes of at least 4 members (excludes halogenated alkanes) is 1. The zero-order chi connectivity index (χ0) is 24.3. The van der Waals surface area contributed by atoms with Crippen molar-refractivity contribution in [2.24, 2.45) is 0 Å². The topological polar surface area (TPSA) is 32.8 Å². The van der Waals surface area contributed by atoms with Crippen molar-refractivity contribution >= 4 is 11.7 Å². The predicted octanol–water partition coefficient (Wildman–Crippen LogP) is 6.17.